The van der Waals surface area contributed by atoms with Gasteiger partial charge in [-0.2, -0.15) is 4.31 Å². The second-order valence-electron chi connectivity index (χ2n) is 5.42. The number of H-pyrrole nitrogens is 1. The minimum atomic E-state index is -3.81. The highest BCUT2D eigenvalue weighted by Crippen LogP contribution is 2.20. The number of benzene rings is 1. The number of carbonyl (C=O) groups excluding carboxylic acids is 1. The number of piperazine rings is 1. The van der Waals surface area contributed by atoms with Crippen molar-refractivity contribution in [1.29, 1.82) is 0 Å². The van der Waals surface area contributed by atoms with Gasteiger partial charge >= 0.3 is 11.4 Å². The molecule has 0 saturated carbocycles. The van der Waals surface area contributed by atoms with Crippen LogP contribution in [0.3, 0.4) is 0 Å². The van der Waals surface area contributed by atoms with Crippen LogP contribution >= 0.6 is 0 Å². The molecule has 9 nitrogen and oxygen atoms in total. The van der Waals surface area contributed by atoms with E-state index >= 15 is 0 Å². The Kier molecular flexibility index (Phi) is 4.01. The maximum Gasteiger partial charge on any atom is 0.419 e. The normalized spacial score (nSPS) is 16.5. The zero-order valence-corrected chi connectivity index (χ0v) is 13.6. The summed E-state index contributed by atoms with van der Waals surface area (Å²) < 4.78 is 31.1. The first kappa shape index (κ1) is 16.4. The summed E-state index contributed by atoms with van der Waals surface area (Å²) in [6, 6.07) is 3.86. The Hall–Kier alpha value is -2.46. The molecule has 2 aromatic rings. The average Bonchev–Trinajstić information content (AvgIpc) is 2.54. The largest absolute Gasteiger partial charge is 0.419 e. The number of fused-ring (bicyclic) bond motifs is 1. The number of aromatic nitrogens is 1. The van der Waals surface area contributed by atoms with E-state index in [2.05, 4.69) is 9.40 Å². The summed E-state index contributed by atoms with van der Waals surface area (Å²) in [5.41, 5.74) is -0.691. The van der Waals surface area contributed by atoms with Crippen LogP contribution in [0.2, 0.25) is 0 Å². The van der Waals surface area contributed by atoms with Crippen molar-refractivity contribution in [2.45, 2.75) is 11.8 Å². The van der Waals surface area contributed by atoms with E-state index in [0.29, 0.717) is 13.1 Å². The Balaban J connectivity index is 1.96. The molecule has 2 heterocycles. The Morgan fingerprint density at radius 3 is 2.46 bits per heavy atom. The summed E-state index contributed by atoms with van der Waals surface area (Å²) in [6.45, 7) is 2.43. The van der Waals surface area contributed by atoms with Gasteiger partial charge in [0.25, 0.3) is 0 Å². The molecule has 1 aromatic carbocycles. The summed E-state index contributed by atoms with van der Waals surface area (Å²) in [7, 11) is -3.81. The molecule has 3 rings (SSSR count). The molecule has 0 unspecified atom stereocenters. The molecule has 1 aliphatic heterocycles. The first-order valence-corrected chi connectivity index (χ1v) is 8.66. The highest BCUT2D eigenvalue weighted by molar-refractivity contribution is 7.89. The van der Waals surface area contributed by atoms with Crippen LogP contribution in [0.25, 0.3) is 10.9 Å². The Morgan fingerprint density at radius 2 is 1.83 bits per heavy atom. The molecule has 1 aromatic heterocycles. The van der Waals surface area contributed by atoms with E-state index in [1.54, 1.807) is 4.90 Å². The van der Waals surface area contributed by atoms with Crippen LogP contribution in [0, 0.1) is 0 Å². The molecule has 1 fully saturated rings. The molecule has 0 radical (unpaired) electrons. The van der Waals surface area contributed by atoms with Gasteiger partial charge in [0.2, 0.25) is 15.9 Å². The molecule has 0 bridgehead atoms. The number of carbonyl (C=O) groups is 1. The highest BCUT2D eigenvalue weighted by atomic mass is 32.2. The quantitative estimate of drug-likeness (QED) is 0.765. The molecule has 1 amide bonds. The number of hydrogen-bond acceptors (Lipinski definition) is 6. The van der Waals surface area contributed by atoms with Gasteiger partial charge in [0.1, 0.15) is 0 Å². The van der Waals surface area contributed by atoms with Gasteiger partial charge in [0, 0.05) is 33.1 Å². The molecular weight excluding hydrogens is 338 g/mol. The maximum atomic E-state index is 12.7. The Bertz CT molecular complexity index is 1010. The third kappa shape index (κ3) is 2.85. The standard InChI is InChI=1S/C14H15N3O6S/c1-9(18)16-4-6-17(7-5-16)24(21,22)10-2-3-12-11(8-10)13(19)23-14(20)15-12/h2-3,8H,4-7H2,1H3,(H,15,20). The molecule has 1 N–H and O–H groups in total. The molecule has 1 aliphatic rings. The van der Waals surface area contributed by atoms with E-state index in [1.165, 1.54) is 29.4 Å². The minimum absolute atomic E-state index is 0.0157. The van der Waals surface area contributed by atoms with E-state index < -0.39 is 21.4 Å². The van der Waals surface area contributed by atoms with Crippen molar-refractivity contribution < 1.29 is 17.6 Å². The van der Waals surface area contributed by atoms with Gasteiger partial charge < -0.3 is 9.32 Å². The van der Waals surface area contributed by atoms with Crippen molar-refractivity contribution in [2.75, 3.05) is 26.2 Å². The lowest BCUT2D eigenvalue weighted by molar-refractivity contribution is -0.129. The van der Waals surface area contributed by atoms with Crippen molar-refractivity contribution in [2.24, 2.45) is 0 Å². The molecular formula is C14H15N3O6S. The topological polar surface area (TPSA) is 121 Å². The van der Waals surface area contributed by atoms with E-state index in [1.807, 2.05) is 0 Å². The third-order valence-corrected chi connectivity index (χ3v) is 5.85. The van der Waals surface area contributed by atoms with Gasteiger partial charge in [-0.3, -0.25) is 9.78 Å². The lowest BCUT2D eigenvalue weighted by Gasteiger charge is -2.33. The van der Waals surface area contributed by atoms with E-state index in [0.717, 1.165) is 0 Å². The monoisotopic (exact) mass is 353 g/mol. The molecule has 0 spiro atoms. The first-order valence-electron chi connectivity index (χ1n) is 7.22. The molecule has 1 saturated heterocycles. The van der Waals surface area contributed by atoms with Crippen LogP contribution in [0.15, 0.2) is 37.1 Å². The van der Waals surface area contributed by atoms with Crippen LogP contribution in [-0.4, -0.2) is 54.7 Å². The predicted octanol–water partition coefficient (Wildman–Crippen LogP) is -0.666. The molecule has 128 valence electrons. The number of amides is 1. The van der Waals surface area contributed by atoms with Gasteiger partial charge in [-0.25, -0.2) is 18.0 Å². The second-order valence-corrected chi connectivity index (χ2v) is 7.36. The van der Waals surface area contributed by atoms with Crippen LogP contribution in [0.4, 0.5) is 0 Å². The zero-order chi connectivity index (χ0) is 17.5. The van der Waals surface area contributed by atoms with Gasteiger partial charge in [0.05, 0.1) is 15.8 Å². The van der Waals surface area contributed by atoms with Gasteiger partial charge in [-0.1, -0.05) is 0 Å². The van der Waals surface area contributed by atoms with Crippen molar-refractivity contribution in [3.8, 4) is 0 Å². The smallest absolute Gasteiger partial charge is 0.372 e. The molecule has 0 aliphatic carbocycles. The maximum absolute atomic E-state index is 12.7. The van der Waals surface area contributed by atoms with Crippen molar-refractivity contribution in [3.05, 3.63) is 39.2 Å². The van der Waals surface area contributed by atoms with Gasteiger partial charge in [0.15, 0.2) is 0 Å². The van der Waals surface area contributed by atoms with Crippen LogP contribution in [-0.2, 0) is 14.8 Å². The number of rotatable bonds is 2. The van der Waals surface area contributed by atoms with E-state index in [9.17, 15) is 22.8 Å². The Labute approximate surface area is 136 Å². The van der Waals surface area contributed by atoms with Gasteiger partial charge in [-0.15, -0.1) is 0 Å². The molecule has 24 heavy (non-hydrogen) atoms. The third-order valence-electron chi connectivity index (χ3n) is 3.95. The minimum Gasteiger partial charge on any atom is -0.372 e. The zero-order valence-electron chi connectivity index (χ0n) is 12.8. The van der Waals surface area contributed by atoms with Crippen LogP contribution < -0.4 is 11.4 Å². The van der Waals surface area contributed by atoms with Crippen LogP contribution in [0.5, 0.6) is 0 Å². The fourth-order valence-corrected chi connectivity index (χ4v) is 4.08. The van der Waals surface area contributed by atoms with Crippen molar-refractivity contribution in [1.82, 2.24) is 14.2 Å². The number of sulfonamides is 1. The summed E-state index contributed by atoms with van der Waals surface area (Å²) in [4.78, 5) is 38.0. The second kappa shape index (κ2) is 5.87. The summed E-state index contributed by atoms with van der Waals surface area (Å²) in [6.07, 6.45) is 0. The van der Waals surface area contributed by atoms with Gasteiger partial charge in [-0.05, 0) is 18.2 Å². The van der Waals surface area contributed by atoms with E-state index in [4.69, 9.17) is 0 Å². The number of nitrogens with zero attached hydrogens (tertiary/aromatic N) is 2. The lowest BCUT2D eigenvalue weighted by Crippen LogP contribution is -2.49. The van der Waals surface area contributed by atoms with Crippen molar-refractivity contribution in [3.63, 3.8) is 0 Å². The number of aromatic amines is 1. The summed E-state index contributed by atoms with van der Waals surface area (Å²) >= 11 is 0. The predicted molar refractivity (Wildman–Crippen MR) is 84.1 cm³/mol. The van der Waals surface area contributed by atoms with Crippen LogP contribution in [0.1, 0.15) is 6.92 Å². The first-order chi connectivity index (χ1) is 11.3. The Morgan fingerprint density at radius 1 is 1.17 bits per heavy atom. The number of nitrogens with one attached hydrogen (secondary N) is 1. The molecule has 0 atom stereocenters. The number of hydrogen-bond donors (Lipinski definition) is 1. The average molecular weight is 353 g/mol. The SMILES string of the molecule is CC(=O)N1CCN(S(=O)(=O)c2ccc3[nH]c(=O)oc(=O)c3c2)CC1. The van der Waals surface area contributed by atoms with E-state index in [-0.39, 0.29) is 34.8 Å². The summed E-state index contributed by atoms with van der Waals surface area (Å²) in [5, 5.41) is -0.0157. The van der Waals surface area contributed by atoms with Crippen molar-refractivity contribution >= 4 is 26.8 Å². The fourth-order valence-electron chi connectivity index (χ4n) is 2.63. The highest BCUT2D eigenvalue weighted by Gasteiger charge is 2.29. The summed E-state index contributed by atoms with van der Waals surface area (Å²) in [5.74, 6) is -0.997. The molecule has 10 heteroatoms. The fraction of sp³-hybridized carbons (Fsp3) is 0.357. The lowest BCUT2D eigenvalue weighted by atomic mass is 10.2.